The SMILES string of the molecule is N#Cc1ccc(N2CCNCC2C2CCC3(CC2)OCc2ccccc23)cc1. The van der Waals surface area contributed by atoms with Gasteiger partial charge in [0.1, 0.15) is 0 Å². The van der Waals surface area contributed by atoms with E-state index in [2.05, 4.69) is 52.7 Å². The smallest absolute Gasteiger partial charge is 0.0991 e. The molecule has 2 aromatic rings. The summed E-state index contributed by atoms with van der Waals surface area (Å²) in [5.74, 6) is 0.672. The molecule has 144 valence electrons. The van der Waals surface area contributed by atoms with Crippen molar-refractivity contribution in [1.29, 1.82) is 5.26 Å². The van der Waals surface area contributed by atoms with Gasteiger partial charge >= 0.3 is 0 Å². The third-order valence-electron chi connectivity index (χ3n) is 7.01. The number of nitriles is 1. The summed E-state index contributed by atoms with van der Waals surface area (Å²) in [5, 5.41) is 12.7. The van der Waals surface area contributed by atoms with Crippen LogP contribution in [0.1, 0.15) is 42.4 Å². The van der Waals surface area contributed by atoms with Gasteiger partial charge in [-0.2, -0.15) is 5.26 Å². The Morgan fingerprint density at radius 2 is 1.86 bits per heavy atom. The van der Waals surface area contributed by atoms with Gasteiger partial charge in [0.25, 0.3) is 0 Å². The van der Waals surface area contributed by atoms with Gasteiger partial charge in [-0.3, -0.25) is 0 Å². The van der Waals surface area contributed by atoms with E-state index in [9.17, 15) is 0 Å². The van der Waals surface area contributed by atoms with Crippen molar-refractivity contribution in [3.05, 3.63) is 65.2 Å². The lowest BCUT2D eigenvalue weighted by Gasteiger charge is -2.46. The quantitative estimate of drug-likeness (QED) is 0.866. The molecule has 0 radical (unpaired) electrons. The molecule has 28 heavy (non-hydrogen) atoms. The molecule has 1 saturated heterocycles. The number of hydrogen-bond acceptors (Lipinski definition) is 4. The average molecular weight is 374 g/mol. The number of fused-ring (bicyclic) bond motifs is 2. The van der Waals surface area contributed by atoms with Crippen molar-refractivity contribution in [2.45, 2.75) is 43.9 Å². The highest BCUT2D eigenvalue weighted by molar-refractivity contribution is 5.51. The normalized spacial score (nSPS) is 29.5. The highest BCUT2D eigenvalue weighted by atomic mass is 16.5. The molecule has 1 unspecified atom stereocenters. The van der Waals surface area contributed by atoms with E-state index in [4.69, 9.17) is 10.00 Å². The number of piperazine rings is 1. The Kier molecular flexibility index (Phi) is 4.58. The van der Waals surface area contributed by atoms with Gasteiger partial charge in [-0.25, -0.2) is 0 Å². The molecule has 1 N–H and O–H groups in total. The third-order valence-corrected chi connectivity index (χ3v) is 7.01. The Morgan fingerprint density at radius 1 is 1.07 bits per heavy atom. The number of rotatable bonds is 2. The van der Waals surface area contributed by atoms with E-state index >= 15 is 0 Å². The van der Waals surface area contributed by atoms with E-state index in [1.54, 1.807) is 0 Å². The highest BCUT2D eigenvalue weighted by Gasteiger charge is 2.45. The number of nitrogens with one attached hydrogen (secondary N) is 1. The molecule has 0 aromatic heterocycles. The second kappa shape index (κ2) is 7.24. The van der Waals surface area contributed by atoms with Gasteiger partial charge in [-0.15, -0.1) is 0 Å². The minimum atomic E-state index is -0.0472. The van der Waals surface area contributed by atoms with Crippen LogP contribution < -0.4 is 10.2 Å². The van der Waals surface area contributed by atoms with E-state index in [0.29, 0.717) is 12.0 Å². The Labute approximate surface area is 167 Å². The number of ether oxygens (including phenoxy) is 1. The van der Waals surface area contributed by atoms with Crippen LogP contribution in [0.3, 0.4) is 0 Å². The van der Waals surface area contributed by atoms with Crippen LogP contribution in [0.4, 0.5) is 5.69 Å². The topological polar surface area (TPSA) is 48.3 Å². The summed E-state index contributed by atoms with van der Waals surface area (Å²) < 4.78 is 6.36. The van der Waals surface area contributed by atoms with Gasteiger partial charge in [-0.05, 0) is 67.0 Å². The van der Waals surface area contributed by atoms with Crippen molar-refractivity contribution in [3.8, 4) is 6.07 Å². The van der Waals surface area contributed by atoms with Crippen LogP contribution >= 0.6 is 0 Å². The van der Waals surface area contributed by atoms with Crippen molar-refractivity contribution in [2.24, 2.45) is 5.92 Å². The zero-order valence-corrected chi connectivity index (χ0v) is 16.2. The minimum absolute atomic E-state index is 0.0472. The lowest BCUT2D eigenvalue weighted by atomic mass is 9.72. The van der Waals surface area contributed by atoms with Crippen molar-refractivity contribution in [2.75, 3.05) is 24.5 Å². The predicted octanol–water partition coefficient (Wildman–Crippen LogP) is 3.95. The maximum absolute atomic E-state index is 9.08. The summed E-state index contributed by atoms with van der Waals surface area (Å²) in [7, 11) is 0. The largest absolute Gasteiger partial charge is 0.366 e. The molecule has 2 fully saturated rings. The number of nitrogens with zero attached hydrogens (tertiary/aromatic N) is 2. The van der Waals surface area contributed by atoms with Crippen LogP contribution in [-0.4, -0.2) is 25.7 Å². The highest BCUT2D eigenvalue weighted by Crippen LogP contribution is 2.49. The fraction of sp³-hybridized carbons (Fsp3) is 0.458. The fourth-order valence-electron chi connectivity index (χ4n) is 5.48. The molecule has 1 spiro atoms. The molecule has 4 nitrogen and oxygen atoms in total. The van der Waals surface area contributed by atoms with Crippen LogP contribution in [0.15, 0.2) is 48.5 Å². The molecule has 0 bridgehead atoms. The van der Waals surface area contributed by atoms with Gasteiger partial charge in [0.15, 0.2) is 0 Å². The lowest BCUT2D eigenvalue weighted by molar-refractivity contribution is -0.0744. The van der Waals surface area contributed by atoms with Crippen molar-refractivity contribution < 1.29 is 4.74 Å². The first-order valence-electron chi connectivity index (χ1n) is 10.5. The molecular weight excluding hydrogens is 346 g/mol. The first kappa shape index (κ1) is 17.7. The van der Waals surface area contributed by atoms with Gasteiger partial charge in [0, 0.05) is 31.4 Å². The van der Waals surface area contributed by atoms with Crippen molar-refractivity contribution >= 4 is 5.69 Å². The molecule has 2 heterocycles. The molecule has 3 aliphatic rings. The molecule has 1 atom stereocenters. The van der Waals surface area contributed by atoms with E-state index in [1.165, 1.54) is 29.7 Å². The summed E-state index contributed by atoms with van der Waals surface area (Å²) in [6, 6.07) is 19.6. The van der Waals surface area contributed by atoms with Crippen LogP contribution in [0, 0.1) is 17.2 Å². The summed E-state index contributed by atoms with van der Waals surface area (Å²) in [6.07, 6.45) is 4.64. The second-order valence-electron chi connectivity index (χ2n) is 8.40. The molecule has 4 heteroatoms. The Hall–Kier alpha value is -2.35. The third kappa shape index (κ3) is 2.99. The van der Waals surface area contributed by atoms with Crippen LogP contribution in [0.25, 0.3) is 0 Å². The van der Waals surface area contributed by atoms with Gasteiger partial charge in [0.05, 0.1) is 23.8 Å². The van der Waals surface area contributed by atoms with Crippen LogP contribution in [0.2, 0.25) is 0 Å². The Morgan fingerprint density at radius 3 is 2.64 bits per heavy atom. The Bertz CT molecular complexity index is 877. The molecule has 1 saturated carbocycles. The second-order valence-corrected chi connectivity index (χ2v) is 8.40. The molecule has 1 aliphatic carbocycles. The van der Waals surface area contributed by atoms with Gasteiger partial charge in [0.2, 0.25) is 0 Å². The van der Waals surface area contributed by atoms with E-state index < -0.39 is 0 Å². The first-order chi connectivity index (χ1) is 13.8. The zero-order chi connectivity index (χ0) is 19.0. The molecule has 0 amide bonds. The summed E-state index contributed by atoms with van der Waals surface area (Å²) in [4.78, 5) is 2.56. The Balaban J connectivity index is 1.33. The van der Waals surface area contributed by atoms with E-state index in [1.807, 2.05) is 12.1 Å². The minimum Gasteiger partial charge on any atom is -0.366 e. The van der Waals surface area contributed by atoms with E-state index in [0.717, 1.165) is 44.6 Å². The molecule has 2 aliphatic heterocycles. The first-order valence-corrected chi connectivity index (χ1v) is 10.5. The predicted molar refractivity (Wildman–Crippen MR) is 110 cm³/mol. The van der Waals surface area contributed by atoms with Gasteiger partial charge < -0.3 is 15.0 Å². The molecular formula is C24H27N3O. The van der Waals surface area contributed by atoms with Crippen LogP contribution in [0.5, 0.6) is 0 Å². The lowest BCUT2D eigenvalue weighted by Crippen LogP contribution is -2.55. The standard InChI is InChI=1S/C24H27N3O/c25-15-18-5-7-21(8-6-18)27-14-13-26-16-23(27)19-9-11-24(12-10-19)22-4-2-1-3-20(22)17-28-24/h1-8,19,23,26H,9-14,16-17H2. The van der Waals surface area contributed by atoms with Gasteiger partial charge in [-0.1, -0.05) is 24.3 Å². The fourth-order valence-corrected chi connectivity index (χ4v) is 5.48. The van der Waals surface area contributed by atoms with E-state index in [-0.39, 0.29) is 5.60 Å². The summed E-state index contributed by atoms with van der Waals surface area (Å²) in [6.45, 7) is 3.85. The van der Waals surface area contributed by atoms with Crippen molar-refractivity contribution in [3.63, 3.8) is 0 Å². The number of hydrogen-bond donors (Lipinski definition) is 1. The number of benzene rings is 2. The van der Waals surface area contributed by atoms with Crippen molar-refractivity contribution in [1.82, 2.24) is 5.32 Å². The van der Waals surface area contributed by atoms with Crippen LogP contribution in [-0.2, 0) is 16.9 Å². The molecule has 2 aromatic carbocycles. The summed E-state index contributed by atoms with van der Waals surface area (Å²) >= 11 is 0. The summed E-state index contributed by atoms with van der Waals surface area (Å²) in [5.41, 5.74) is 4.73. The zero-order valence-electron chi connectivity index (χ0n) is 16.2. The monoisotopic (exact) mass is 373 g/mol. The average Bonchev–Trinajstić information content (AvgIpc) is 3.13. The maximum atomic E-state index is 9.08. The molecule has 5 rings (SSSR count). The number of anilines is 1. The maximum Gasteiger partial charge on any atom is 0.0991 e.